The SMILES string of the molecule is Cc1cn2cc(NC(=O)c3sc([C@@H]4CCN[C@H](C)C4)cc3F)cc(F)c2n1. The second kappa shape index (κ2) is 7.01. The van der Waals surface area contributed by atoms with Crippen LogP contribution in [-0.4, -0.2) is 27.9 Å². The van der Waals surface area contributed by atoms with Gasteiger partial charge in [0, 0.05) is 29.4 Å². The predicted octanol–water partition coefficient (Wildman–Crippen LogP) is 4.09. The van der Waals surface area contributed by atoms with E-state index in [9.17, 15) is 13.6 Å². The molecule has 1 amide bonds. The number of carbonyl (C=O) groups excluding carboxylic acids is 1. The second-order valence-electron chi connectivity index (χ2n) is 7.05. The number of pyridine rings is 1. The molecule has 4 heterocycles. The first-order chi connectivity index (χ1) is 12.9. The number of anilines is 1. The smallest absolute Gasteiger partial charge is 0.268 e. The molecule has 0 aliphatic carbocycles. The maximum Gasteiger partial charge on any atom is 0.268 e. The second-order valence-corrected chi connectivity index (χ2v) is 8.13. The van der Waals surface area contributed by atoms with Gasteiger partial charge >= 0.3 is 0 Å². The number of amides is 1. The van der Waals surface area contributed by atoms with Crippen molar-refractivity contribution >= 4 is 28.6 Å². The minimum absolute atomic E-state index is 0.0264. The first-order valence-corrected chi connectivity index (χ1v) is 9.71. The number of nitrogens with one attached hydrogen (secondary N) is 2. The summed E-state index contributed by atoms with van der Waals surface area (Å²) in [6.45, 7) is 4.75. The largest absolute Gasteiger partial charge is 0.320 e. The Morgan fingerprint density at radius 2 is 2.15 bits per heavy atom. The molecule has 27 heavy (non-hydrogen) atoms. The number of imidazole rings is 1. The third-order valence-corrected chi connectivity index (χ3v) is 6.09. The lowest BCUT2D eigenvalue weighted by Crippen LogP contribution is -2.34. The topological polar surface area (TPSA) is 58.4 Å². The Bertz CT molecular complexity index is 1010. The van der Waals surface area contributed by atoms with Gasteiger partial charge in [0.25, 0.3) is 5.91 Å². The Balaban J connectivity index is 1.56. The number of aryl methyl sites for hydroxylation is 1. The monoisotopic (exact) mass is 390 g/mol. The molecule has 3 aromatic heterocycles. The molecule has 4 rings (SSSR count). The first kappa shape index (κ1) is 18.1. The van der Waals surface area contributed by atoms with Gasteiger partial charge in [0.1, 0.15) is 10.7 Å². The quantitative estimate of drug-likeness (QED) is 0.708. The van der Waals surface area contributed by atoms with Crippen LogP contribution in [0.15, 0.2) is 24.5 Å². The molecule has 1 aliphatic rings. The number of thiophene rings is 1. The molecule has 5 nitrogen and oxygen atoms in total. The molecule has 2 N–H and O–H groups in total. The summed E-state index contributed by atoms with van der Waals surface area (Å²) in [6.07, 6.45) is 5.07. The number of hydrogen-bond donors (Lipinski definition) is 2. The summed E-state index contributed by atoms with van der Waals surface area (Å²) in [5, 5.41) is 5.97. The van der Waals surface area contributed by atoms with Crippen LogP contribution in [-0.2, 0) is 0 Å². The molecule has 2 atom stereocenters. The third-order valence-electron chi connectivity index (χ3n) is 4.82. The van der Waals surface area contributed by atoms with Crippen molar-refractivity contribution in [3.8, 4) is 0 Å². The van der Waals surface area contributed by atoms with Gasteiger partial charge in [0.2, 0.25) is 0 Å². The van der Waals surface area contributed by atoms with Crippen LogP contribution in [0.3, 0.4) is 0 Å². The number of piperidine rings is 1. The molecule has 0 saturated carbocycles. The lowest BCUT2D eigenvalue weighted by atomic mass is 9.92. The summed E-state index contributed by atoms with van der Waals surface area (Å²) in [5.74, 6) is -1.39. The van der Waals surface area contributed by atoms with Gasteiger partial charge in [-0.2, -0.15) is 0 Å². The summed E-state index contributed by atoms with van der Waals surface area (Å²) in [7, 11) is 0. The average Bonchev–Trinajstić information content (AvgIpc) is 3.17. The van der Waals surface area contributed by atoms with Crippen molar-refractivity contribution < 1.29 is 13.6 Å². The van der Waals surface area contributed by atoms with Crippen LogP contribution in [0.4, 0.5) is 14.5 Å². The Labute approximate surface area is 159 Å². The van der Waals surface area contributed by atoms with Crippen LogP contribution >= 0.6 is 11.3 Å². The van der Waals surface area contributed by atoms with E-state index in [4.69, 9.17) is 0 Å². The summed E-state index contributed by atoms with van der Waals surface area (Å²) >= 11 is 1.18. The van der Waals surface area contributed by atoms with Gasteiger partial charge in [-0.15, -0.1) is 11.3 Å². The summed E-state index contributed by atoms with van der Waals surface area (Å²) in [4.78, 5) is 17.5. The van der Waals surface area contributed by atoms with E-state index >= 15 is 0 Å². The van der Waals surface area contributed by atoms with Crippen molar-refractivity contribution in [2.24, 2.45) is 0 Å². The lowest BCUT2D eigenvalue weighted by Gasteiger charge is -2.27. The highest BCUT2D eigenvalue weighted by Crippen LogP contribution is 2.34. The van der Waals surface area contributed by atoms with Crippen LogP contribution in [0.1, 0.15) is 45.9 Å². The van der Waals surface area contributed by atoms with Crippen LogP contribution in [0.25, 0.3) is 5.65 Å². The van der Waals surface area contributed by atoms with Crippen LogP contribution < -0.4 is 10.6 Å². The van der Waals surface area contributed by atoms with E-state index in [1.807, 2.05) is 0 Å². The number of fused-ring (bicyclic) bond motifs is 1. The molecule has 0 unspecified atom stereocenters. The van der Waals surface area contributed by atoms with Gasteiger partial charge in [-0.05, 0) is 45.2 Å². The normalized spacial score (nSPS) is 20.1. The summed E-state index contributed by atoms with van der Waals surface area (Å²) in [6, 6.07) is 3.03. The Morgan fingerprint density at radius 3 is 2.93 bits per heavy atom. The van der Waals surface area contributed by atoms with Crippen molar-refractivity contribution in [1.29, 1.82) is 0 Å². The van der Waals surface area contributed by atoms with Crippen molar-refractivity contribution in [3.63, 3.8) is 0 Å². The number of rotatable bonds is 3. The highest BCUT2D eigenvalue weighted by atomic mass is 32.1. The van der Waals surface area contributed by atoms with E-state index in [0.29, 0.717) is 11.7 Å². The maximum absolute atomic E-state index is 14.4. The zero-order valence-corrected chi connectivity index (χ0v) is 15.9. The molecule has 0 bridgehead atoms. The van der Waals surface area contributed by atoms with E-state index in [0.717, 1.165) is 24.3 Å². The first-order valence-electron chi connectivity index (χ1n) is 8.89. The van der Waals surface area contributed by atoms with Crippen molar-refractivity contribution in [2.45, 2.75) is 38.6 Å². The molecular weight excluding hydrogens is 370 g/mol. The highest BCUT2D eigenvalue weighted by molar-refractivity contribution is 7.14. The van der Waals surface area contributed by atoms with Crippen molar-refractivity contribution in [3.05, 3.63) is 51.6 Å². The number of carbonyl (C=O) groups is 1. The van der Waals surface area contributed by atoms with Gasteiger partial charge in [0.05, 0.1) is 11.4 Å². The standard InChI is InChI=1S/C19H20F2N4OS/c1-10-5-12(3-4-22-10)16-7-14(20)17(27-16)19(26)24-13-6-15(21)18-23-11(2)8-25(18)9-13/h6-10,12,22H,3-5H2,1-2H3,(H,24,26)/t10-,12-/m1/s1. The van der Waals surface area contributed by atoms with Gasteiger partial charge in [-0.1, -0.05) is 0 Å². The van der Waals surface area contributed by atoms with Gasteiger partial charge in [-0.25, -0.2) is 13.8 Å². The zero-order chi connectivity index (χ0) is 19.1. The number of halogens is 2. The molecule has 0 spiro atoms. The molecule has 1 fully saturated rings. The van der Waals surface area contributed by atoms with E-state index < -0.39 is 17.5 Å². The Hall–Kier alpha value is -2.32. The van der Waals surface area contributed by atoms with Crippen molar-refractivity contribution in [1.82, 2.24) is 14.7 Å². The van der Waals surface area contributed by atoms with Crippen LogP contribution in [0.2, 0.25) is 0 Å². The number of hydrogen-bond acceptors (Lipinski definition) is 4. The highest BCUT2D eigenvalue weighted by Gasteiger charge is 2.25. The Morgan fingerprint density at radius 1 is 1.33 bits per heavy atom. The molecular formula is C19H20F2N4OS. The molecule has 0 aromatic carbocycles. The minimum atomic E-state index is -0.568. The maximum atomic E-state index is 14.4. The zero-order valence-electron chi connectivity index (χ0n) is 15.1. The van der Waals surface area contributed by atoms with Crippen LogP contribution in [0.5, 0.6) is 0 Å². The summed E-state index contributed by atoms with van der Waals surface area (Å²) < 4.78 is 30.1. The minimum Gasteiger partial charge on any atom is -0.320 e. The lowest BCUT2D eigenvalue weighted by molar-refractivity contribution is 0.102. The average molecular weight is 390 g/mol. The van der Waals surface area contributed by atoms with Gasteiger partial charge in [0.15, 0.2) is 11.5 Å². The molecule has 8 heteroatoms. The predicted molar refractivity (Wildman–Crippen MR) is 102 cm³/mol. The van der Waals surface area contributed by atoms with E-state index in [1.54, 1.807) is 19.3 Å². The summed E-state index contributed by atoms with van der Waals surface area (Å²) in [5.41, 5.74) is 1.12. The van der Waals surface area contributed by atoms with Gasteiger partial charge in [-0.3, -0.25) is 4.79 Å². The Kier molecular flexibility index (Phi) is 4.69. The molecule has 142 valence electrons. The van der Waals surface area contributed by atoms with E-state index in [1.165, 1.54) is 27.9 Å². The fourth-order valence-electron chi connectivity index (χ4n) is 3.57. The van der Waals surface area contributed by atoms with Gasteiger partial charge < -0.3 is 15.0 Å². The molecule has 3 aromatic rings. The van der Waals surface area contributed by atoms with E-state index in [2.05, 4.69) is 22.5 Å². The molecule has 0 radical (unpaired) electrons. The molecule has 1 saturated heterocycles. The third kappa shape index (κ3) is 3.59. The number of aromatic nitrogens is 2. The van der Waals surface area contributed by atoms with Crippen LogP contribution in [0, 0.1) is 18.6 Å². The van der Waals surface area contributed by atoms with Crippen molar-refractivity contribution in [2.75, 3.05) is 11.9 Å². The fourth-order valence-corrected chi connectivity index (χ4v) is 4.65. The van der Waals surface area contributed by atoms with E-state index in [-0.39, 0.29) is 22.1 Å². The number of nitrogens with zero attached hydrogens (tertiary/aromatic N) is 2. The fraction of sp³-hybridized carbons (Fsp3) is 0.368. The molecule has 1 aliphatic heterocycles.